The van der Waals surface area contributed by atoms with Gasteiger partial charge in [0.05, 0.1) is 21.8 Å². The van der Waals surface area contributed by atoms with Crippen molar-refractivity contribution in [1.82, 2.24) is 15.3 Å². The molecular formula is C21H21ClF3N3O3. The standard InChI is InChI=1S/C21H21ClF3N3O3/c1-19(2,3)31-18(30)12-9-14(22)16(27-10-12)20(6-7-20)11-28-17(29)15-13(21(23,24)25)5-4-8-26-15/h4-5,8-10H,6-7,11H2,1-3H3,(H,28,29). The molecule has 2 aromatic heterocycles. The Hall–Kier alpha value is -2.68. The summed E-state index contributed by atoms with van der Waals surface area (Å²) in [6, 6.07) is 3.38. The summed E-state index contributed by atoms with van der Waals surface area (Å²) in [5, 5.41) is 2.74. The number of hydrogen-bond acceptors (Lipinski definition) is 5. The molecule has 166 valence electrons. The molecule has 1 saturated carbocycles. The number of amides is 1. The average Bonchev–Trinajstić information content (AvgIpc) is 3.45. The Morgan fingerprint density at radius 1 is 1.23 bits per heavy atom. The topological polar surface area (TPSA) is 81.2 Å². The van der Waals surface area contributed by atoms with Gasteiger partial charge in [-0.2, -0.15) is 13.2 Å². The molecule has 10 heteroatoms. The molecular weight excluding hydrogens is 435 g/mol. The Balaban J connectivity index is 1.74. The van der Waals surface area contributed by atoms with Gasteiger partial charge in [-0.05, 0) is 51.8 Å². The van der Waals surface area contributed by atoms with E-state index in [1.54, 1.807) is 20.8 Å². The number of halogens is 4. The van der Waals surface area contributed by atoms with Crippen LogP contribution in [0.25, 0.3) is 0 Å². The Labute approximate surface area is 182 Å². The number of carbonyl (C=O) groups is 2. The van der Waals surface area contributed by atoms with E-state index in [0.29, 0.717) is 18.5 Å². The van der Waals surface area contributed by atoms with Crippen molar-refractivity contribution in [2.24, 2.45) is 0 Å². The van der Waals surface area contributed by atoms with Crippen LogP contribution in [-0.2, 0) is 16.3 Å². The third kappa shape index (κ3) is 5.33. The zero-order chi connectivity index (χ0) is 23.0. The van der Waals surface area contributed by atoms with Gasteiger partial charge in [-0.25, -0.2) is 4.79 Å². The molecule has 31 heavy (non-hydrogen) atoms. The molecule has 1 N–H and O–H groups in total. The fourth-order valence-electron chi connectivity index (χ4n) is 3.07. The smallest absolute Gasteiger partial charge is 0.418 e. The summed E-state index contributed by atoms with van der Waals surface area (Å²) in [5.74, 6) is -1.50. The fraction of sp³-hybridized carbons (Fsp3) is 0.429. The predicted octanol–water partition coefficient (Wildman–Crippen LogP) is 4.57. The van der Waals surface area contributed by atoms with Crippen molar-refractivity contribution in [3.8, 4) is 0 Å². The first-order valence-corrected chi connectivity index (χ1v) is 9.90. The number of hydrogen-bond donors (Lipinski definition) is 1. The van der Waals surface area contributed by atoms with Gasteiger partial charge < -0.3 is 10.1 Å². The molecule has 0 bridgehead atoms. The van der Waals surface area contributed by atoms with Crippen molar-refractivity contribution in [2.75, 3.05) is 6.54 Å². The Morgan fingerprint density at radius 3 is 2.45 bits per heavy atom. The zero-order valence-electron chi connectivity index (χ0n) is 17.1. The summed E-state index contributed by atoms with van der Waals surface area (Å²) in [7, 11) is 0. The second-order valence-corrected chi connectivity index (χ2v) is 8.82. The van der Waals surface area contributed by atoms with E-state index in [1.807, 2.05) is 0 Å². The Morgan fingerprint density at radius 2 is 1.90 bits per heavy atom. The van der Waals surface area contributed by atoms with E-state index in [2.05, 4.69) is 15.3 Å². The summed E-state index contributed by atoms with van der Waals surface area (Å²) >= 11 is 6.34. The molecule has 1 aliphatic rings. The van der Waals surface area contributed by atoms with E-state index in [9.17, 15) is 22.8 Å². The number of nitrogens with zero attached hydrogens (tertiary/aromatic N) is 2. The lowest BCUT2D eigenvalue weighted by Gasteiger charge is -2.21. The third-order valence-corrected chi connectivity index (χ3v) is 5.04. The molecule has 0 aliphatic heterocycles. The fourth-order valence-corrected chi connectivity index (χ4v) is 3.44. The maximum atomic E-state index is 13.1. The zero-order valence-corrected chi connectivity index (χ0v) is 17.9. The van der Waals surface area contributed by atoms with Crippen LogP contribution < -0.4 is 5.32 Å². The van der Waals surface area contributed by atoms with Crippen LogP contribution in [0.15, 0.2) is 30.6 Å². The SMILES string of the molecule is CC(C)(C)OC(=O)c1cnc(C2(CNC(=O)c3ncccc3C(F)(F)F)CC2)c(Cl)c1. The third-order valence-electron chi connectivity index (χ3n) is 4.75. The van der Waals surface area contributed by atoms with Crippen LogP contribution in [0.4, 0.5) is 13.2 Å². The van der Waals surface area contributed by atoms with Gasteiger partial charge in [0.15, 0.2) is 0 Å². The van der Waals surface area contributed by atoms with Gasteiger partial charge >= 0.3 is 12.1 Å². The summed E-state index contributed by atoms with van der Waals surface area (Å²) in [4.78, 5) is 32.5. The van der Waals surface area contributed by atoms with Crippen LogP contribution >= 0.6 is 11.6 Å². The largest absolute Gasteiger partial charge is 0.456 e. The molecule has 2 aromatic rings. The van der Waals surface area contributed by atoms with Crippen molar-refractivity contribution in [3.63, 3.8) is 0 Å². The predicted molar refractivity (Wildman–Crippen MR) is 107 cm³/mol. The van der Waals surface area contributed by atoms with E-state index in [0.717, 1.165) is 18.3 Å². The van der Waals surface area contributed by atoms with E-state index >= 15 is 0 Å². The molecule has 6 nitrogen and oxygen atoms in total. The lowest BCUT2D eigenvalue weighted by molar-refractivity contribution is -0.138. The second kappa shape index (κ2) is 8.11. The van der Waals surface area contributed by atoms with Crippen molar-refractivity contribution in [3.05, 3.63) is 58.1 Å². The average molecular weight is 456 g/mol. The van der Waals surface area contributed by atoms with Gasteiger partial charge in [0.1, 0.15) is 11.3 Å². The number of rotatable bonds is 5. The van der Waals surface area contributed by atoms with Crippen LogP contribution in [0, 0.1) is 0 Å². The van der Waals surface area contributed by atoms with Gasteiger partial charge in [0.25, 0.3) is 5.91 Å². The quantitative estimate of drug-likeness (QED) is 0.668. The molecule has 0 saturated heterocycles. The first-order chi connectivity index (χ1) is 14.3. The van der Waals surface area contributed by atoms with E-state index in [4.69, 9.17) is 16.3 Å². The minimum Gasteiger partial charge on any atom is -0.456 e. The maximum Gasteiger partial charge on any atom is 0.418 e. The Bertz CT molecular complexity index is 1010. The van der Waals surface area contributed by atoms with Crippen LogP contribution in [0.5, 0.6) is 0 Å². The number of aromatic nitrogens is 2. The molecule has 0 unspecified atom stereocenters. The normalized spacial score (nSPS) is 15.3. The van der Waals surface area contributed by atoms with Gasteiger partial charge in [-0.1, -0.05) is 11.6 Å². The number of nitrogens with one attached hydrogen (secondary N) is 1. The number of alkyl halides is 3. The first-order valence-electron chi connectivity index (χ1n) is 9.52. The summed E-state index contributed by atoms with van der Waals surface area (Å²) in [6.45, 7) is 5.25. The number of carbonyl (C=O) groups excluding carboxylic acids is 2. The minimum atomic E-state index is -4.69. The second-order valence-electron chi connectivity index (χ2n) is 8.42. The number of pyridine rings is 2. The molecule has 0 radical (unpaired) electrons. The van der Waals surface area contributed by atoms with Crippen LogP contribution in [0.1, 0.15) is 65.7 Å². The highest BCUT2D eigenvalue weighted by Gasteiger charge is 2.47. The summed E-state index contributed by atoms with van der Waals surface area (Å²) in [6.07, 6.45) is -0.941. The molecule has 0 spiro atoms. The van der Waals surface area contributed by atoms with Crippen molar-refractivity contribution in [2.45, 2.75) is 50.8 Å². The van der Waals surface area contributed by atoms with Crippen LogP contribution in [0.3, 0.4) is 0 Å². The molecule has 1 fully saturated rings. The summed E-state index contributed by atoms with van der Waals surface area (Å²) in [5.41, 5.74) is -2.41. The highest BCUT2D eigenvalue weighted by molar-refractivity contribution is 6.31. The van der Waals surface area contributed by atoms with Gasteiger partial charge in [0.2, 0.25) is 0 Å². The minimum absolute atomic E-state index is 0.0399. The first kappa shape index (κ1) is 23.0. The van der Waals surface area contributed by atoms with E-state index < -0.39 is 40.3 Å². The number of esters is 1. The molecule has 2 heterocycles. The van der Waals surface area contributed by atoms with Gasteiger partial charge in [0, 0.05) is 24.4 Å². The molecule has 3 rings (SSSR count). The lowest BCUT2D eigenvalue weighted by Crippen LogP contribution is -2.34. The highest BCUT2D eigenvalue weighted by Crippen LogP contribution is 2.49. The number of ether oxygens (including phenoxy) is 1. The molecule has 1 amide bonds. The maximum absolute atomic E-state index is 13.1. The highest BCUT2D eigenvalue weighted by atomic mass is 35.5. The lowest BCUT2D eigenvalue weighted by atomic mass is 10.0. The monoisotopic (exact) mass is 455 g/mol. The van der Waals surface area contributed by atoms with Gasteiger partial charge in [-0.15, -0.1) is 0 Å². The van der Waals surface area contributed by atoms with E-state index in [-0.39, 0.29) is 17.1 Å². The van der Waals surface area contributed by atoms with Gasteiger partial charge in [-0.3, -0.25) is 14.8 Å². The van der Waals surface area contributed by atoms with Crippen molar-refractivity contribution < 1.29 is 27.5 Å². The van der Waals surface area contributed by atoms with Crippen LogP contribution in [0.2, 0.25) is 5.02 Å². The summed E-state index contributed by atoms with van der Waals surface area (Å²) < 4.78 is 44.7. The molecule has 1 aliphatic carbocycles. The molecule has 0 atom stereocenters. The van der Waals surface area contributed by atoms with Crippen molar-refractivity contribution in [1.29, 1.82) is 0 Å². The Kier molecular flexibility index (Phi) is 6.01. The van der Waals surface area contributed by atoms with Crippen LogP contribution in [-0.4, -0.2) is 34.0 Å². The van der Waals surface area contributed by atoms with Crippen molar-refractivity contribution >= 4 is 23.5 Å². The van der Waals surface area contributed by atoms with E-state index in [1.165, 1.54) is 12.3 Å². The molecule has 0 aromatic carbocycles.